The minimum absolute atomic E-state index is 0.00911. The number of amides is 2. The first-order chi connectivity index (χ1) is 11.5. The van der Waals surface area contributed by atoms with Gasteiger partial charge in [-0.3, -0.25) is 0 Å². The van der Waals surface area contributed by atoms with E-state index in [0.717, 1.165) is 27.3 Å². The first-order valence-electron chi connectivity index (χ1n) is 7.59. The molecule has 0 atom stereocenters. The average Bonchev–Trinajstić information content (AvgIpc) is 2.58. The highest BCUT2D eigenvalue weighted by molar-refractivity contribution is 6.32. The lowest BCUT2D eigenvalue weighted by Gasteiger charge is -2.11. The van der Waals surface area contributed by atoms with Crippen LogP contribution >= 0.6 is 11.6 Å². The maximum Gasteiger partial charge on any atom is 0.317 e. The molecular weight excluding hydrogens is 328 g/mol. The molecule has 0 saturated carbocycles. The van der Waals surface area contributed by atoms with E-state index < -0.39 is 0 Å². The summed E-state index contributed by atoms with van der Waals surface area (Å²) in [7, 11) is 0. The highest BCUT2D eigenvalue weighted by Gasteiger charge is 2.05. The summed E-state index contributed by atoms with van der Waals surface area (Å²) >= 11 is 6.10. The van der Waals surface area contributed by atoms with Gasteiger partial charge in [0.25, 0.3) is 0 Å². The molecule has 0 aliphatic carbocycles. The Balaban J connectivity index is 1.75. The Bertz CT molecular complexity index is 679. The summed E-state index contributed by atoms with van der Waals surface area (Å²) in [6.45, 7) is 4.29. The quantitative estimate of drug-likeness (QED) is 0.701. The normalized spacial score (nSPS) is 10.3. The van der Waals surface area contributed by atoms with Crippen molar-refractivity contribution in [1.82, 2.24) is 10.6 Å². The van der Waals surface area contributed by atoms with Gasteiger partial charge in [-0.15, -0.1) is 0 Å². The van der Waals surface area contributed by atoms with Gasteiger partial charge in [-0.25, -0.2) is 4.79 Å². The lowest BCUT2D eigenvalue weighted by atomic mass is 10.1. The van der Waals surface area contributed by atoms with Crippen molar-refractivity contribution in [1.29, 1.82) is 0 Å². The minimum atomic E-state index is -0.316. The molecule has 24 heavy (non-hydrogen) atoms. The summed E-state index contributed by atoms with van der Waals surface area (Å²) in [6, 6.07) is 10.7. The number of halogens is 1. The molecule has 2 rings (SSSR count). The predicted molar refractivity (Wildman–Crippen MR) is 94.2 cm³/mol. The van der Waals surface area contributed by atoms with Gasteiger partial charge in [0.2, 0.25) is 0 Å². The van der Waals surface area contributed by atoms with Crippen LogP contribution in [0.2, 0.25) is 5.02 Å². The van der Waals surface area contributed by atoms with Crippen LogP contribution in [-0.4, -0.2) is 17.9 Å². The number of carbonyl (C=O) groups excluding carboxylic acids is 1. The smallest absolute Gasteiger partial charge is 0.317 e. The molecule has 0 heterocycles. The second kappa shape index (κ2) is 8.57. The molecule has 0 aliphatic heterocycles. The molecule has 0 unspecified atom stereocenters. The van der Waals surface area contributed by atoms with Crippen molar-refractivity contribution < 1.29 is 14.6 Å². The highest BCUT2D eigenvalue weighted by Crippen LogP contribution is 2.25. The summed E-state index contributed by atoms with van der Waals surface area (Å²) in [6.07, 6.45) is 0. The molecular formula is C18H21ClN2O3. The fraction of sp³-hybridized carbons (Fsp3) is 0.278. The van der Waals surface area contributed by atoms with Crippen molar-refractivity contribution in [2.24, 2.45) is 0 Å². The van der Waals surface area contributed by atoms with E-state index in [1.807, 2.05) is 50.2 Å². The Kier molecular flexibility index (Phi) is 6.46. The molecule has 6 heteroatoms. The lowest BCUT2D eigenvalue weighted by Crippen LogP contribution is -2.37. The van der Waals surface area contributed by atoms with E-state index in [-0.39, 0.29) is 19.4 Å². The topological polar surface area (TPSA) is 70.6 Å². The third-order valence-corrected chi connectivity index (χ3v) is 4.14. The summed E-state index contributed by atoms with van der Waals surface area (Å²) in [5.74, 6) is 0.661. The van der Waals surface area contributed by atoms with Gasteiger partial charge in [0, 0.05) is 11.6 Å². The molecule has 0 saturated heterocycles. The number of nitrogens with one attached hydrogen (secondary N) is 2. The fourth-order valence-electron chi connectivity index (χ4n) is 2.18. The zero-order chi connectivity index (χ0) is 17.5. The third kappa shape index (κ3) is 5.15. The zero-order valence-electron chi connectivity index (χ0n) is 13.7. The fourth-order valence-corrected chi connectivity index (χ4v) is 2.29. The molecule has 0 spiro atoms. The number of hydrogen-bond donors (Lipinski definition) is 3. The van der Waals surface area contributed by atoms with E-state index in [2.05, 4.69) is 10.6 Å². The van der Waals surface area contributed by atoms with E-state index in [4.69, 9.17) is 21.4 Å². The van der Waals surface area contributed by atoms with E-state index in [1.165, 1.54) is 0 Å². The summed E-state index contributed by atoms with van der Waals surface area (Å²) in [4.78, 5) is 11.8. The second-order valence-corrected chi connectivity index (χ2v) is 5.87. The van der Waals surface area contributed by atoms with Crippen molar-refractivity contribution >= 4 is 17.6 Å². The van der Waals surface area contributed by atoms with Gasteiger partial charge >= 0.3 is 6.03 Å². The maximum absolute atomic E-state index is 11.8. The number of aliphatic hydroxyl groups is 1. The summed E-state index contributed by atoms with van der Waals surface area (Å²) < 4.78 is 5.52. The van der Waals surface area contributed by atoms with Crippen molar-refractivity contribution in [2.75, 3.05) is 6.73 Å². The van der Waals surface area contributed by atoms with Crippen LogP contribution in [0.1, 0.15) is 22.3 Å². The summed E-state index contributed by atoms with van der Waals surface area (Å²) in [5, 5.41) is 15.1. The Morgan fingerprint density at radius 1 is 1.08 bits per heavy atom. The molecule has 0 radical (unpaired) electrons. The number of aryl methyl sites for hydroxylation is 2. The molecule has 2 amide bonds. The van der Waals surface area contributed by atoms with E-state index in [1.54, 1.807) is 0 Å². The Hall–Kier alpha value is -2.24. The number of urea groups is 1. The van der Waals surface area contributed by atoms with Gasteiger partial charge < -0.3 is 20.5 Å². The summed E-state index contributed by atoms with van der Waals surface area (Å²) in [5.41, 5.74) is 3.65. The molecule has 0 bridgehead atoms. The Morgan fingerprint density at radius 3 is 2.25 bits per heavy atom. The van der Waals surface area contributed by atoms with Crippen molar-refractivity contribution in [3.05, 3.63) is 63.7 Å². The number of benzene rings is 2. The molecule has 3 N–H and O–H groups in total. The first-order valence-corrected chi connectivity index (χ1v) is 7.97. The van der Waals surface area contributed by atoms with Gasteiger partial charge in [0.15, 0.2) is 6.73 Å². The number of hydrogen-bond acceptors (Lipinski definition) is 3. The van der Waals surface area contributed by atoms with E-state index in [9.17, 15) is 4.79 Å². The van der Waals surface area contributed by atoms with Crippen LogP contribution in [0.25, 0.3) is 0 Å². The standard InChI is InChI=1S/C18H21ClN2O3/c1-12-7-16(8-13(2)17(12)19)24-11-21-18(23)20-9-14-3-5-15(10-22)6-4-14/h3-8,22H,9-11H2,1-2H3,(H2,20,21,23). The molecule has 2 aromatic rings. The van der Waals surface area contributed by atoms with Crippen LogP contribution in [0.5, 0.6) is 5.75 Å². The van der Waals surface area contributed by atoms with Gasteiger partial charge in [-0.1, -0.05) is 35.9 Å². The molecule has 0 aliphatic rings. The van der Waals surface area contributed by atoms with E-state index >= 15 is 0 Å². The lowest BCUT2D eigenvalue weighted by molar-refractivity contribution is 0.223. The van der Waals surface area contributed by atoms with Crippen LogP contribution in [0.3, 0.4) is 0 Å². The average molecular weight is 349 g/mol. The van der Waals surface area contributed by atoms with Crippen LogP contribution in [0.4, 0.5) is 4.79 Å². The molecule has 0 fully saturated rings. The van der Waals surface area contributed by atoms with Gasteiger partial charge in [0.05, 0.1) is 6.61 Å². The van der Waals surface area contributed by atoms with Gasteiger partial charge in [-0.2, -0.15) is 0 Å². The third-order valence-electron chi connectivity index (χ3n) is 3.54. The van der Waals surface area contributed by atoms with Crippen molar-refractivity contribution in [2.45, 2.75) is 27.0 Å². The molecule has 2 aromatic carbocycles. The van der Waals surface area contributed by atoms with E-state index in [0.29, 0.717) is 12.3 Å². The number of ether oxygens (including phenoxy) is 1. The SMILES string of the molecule is Cc1cc(OCNC(=O)NCc2ccc(CO)cc2)cc(C)c1Cl. The Labute approximate surface area is 146 Å². The second-order valence-electron chi connectivity index (χ2n) is 5.49. The minimum Gasteiger partial charge on any atom is -0.473 e. The van der Waals surface area contributed by atoms with Gasteiger partial charge in [-0.05, 0) is 48.2 Å². The van der Waals surface area contributed by atoms with Crippen molar-refractivity contribution in [3.8, 4) is 5.75 Å². The molecule has 5 nitrogen and oxygen atoms in total. The largest absolute Gasteiger partial charge is 0.473 e. The zero-order valence-corrected chi connectivity index (χ0v) is 14.5. The molecule has 128 valence electrons. The molecule has 0 aromatic heterocycles. The monoisotopic (exact) mass is 348 g/mol. The van der Waals surface area contributed by atoms with Crippen LogP contribution < -0.4 is 15.4 Å². The van der Waals surface area contributed by atoms with Crippen LogP contribution in [0.15, 0.2) is 36.4 Å². The number of aliphatic hydroxyl groups excluding tert-OH is 1. The number of carbonyl (C=O) groups is 1. The van der Waals surface area contributed by atoms with Crippen molar-refractivity contribution in [3.63, 3.8) is 0 Å². The highest BCUT2D eigenvalue weighted by atomic mass is 35.5. The Morgan fingerprint density at radius 2 is 1.67 bits per heavy atom. The predicted octanol–water partition coefficient (Wildman–Crippen LogP) is 3.28. The van der Waals surface area contributed by atoms with Crippen LogP contribution in [0, 0.1) is 13.8 Å². The van der Waals surface area contributed by atoms with Gasteiger partial charge in [0.1, 0.15) is 5.75 Å². The first kappa shape index (κ1) is 18.1. The number of rotatable bonds is 6. The maximum atomic E-state index is 11.8. The van der Waals surface area contributed by atoms with Crippen LogP contribution in [-0.2, 0) is 13.2 Å².